The number of Topliss-reactive ketones (excluding diaryl/α,β-unsaturated/α-hetero) is 1. The summed E-state index contributed by atoms with van der Waals surface area (Å²) in [4.78, 5) is 28.0. The van der Waals surface area contributed by atoms with Crippen molar-refractivity contribution in [1.29, 1.82) is 0 Å². The summed E-state index contributed by atoms with van der Waals surface area (Å²) in [6, 6.07) is 1.89. The Bertz CT molecular complexity index is 1390. The van der Waals surface area contributed by atoms with Crippen molar-refractivity contribution in [3.63, 3.8) is 0 Å². The van der Waals surface area contributed by atoms with Gasteiger partial charge in [0.15, 0.2) is 23.0 Å². The molecule has 0 aliphatic carbocycles. The van der Waals surface area contributed by atoms with Crippen molar-refractivity contribution in [2.45, 2.75) is 33.1 Å². The number of rotatable bonds is 7. The van der Waals surface area contributed by atoms with Gasteiger partial charge >= 0.3 is 0 Å². The molecule has 35 heavy (non-hydrogen) atoms. The summed E-state index contributed by atoms with van der Waals surface area (Å²) in [6.07, 6.45) is 5.59. The lowest BCUT2D eigenvalue weighted by Gasteiger charge is -2.35. The number of aromatic nitrogens is 5. The maximum Gasteiger partial charge on any atom is 0.197 e. The SMILES string of the molecule is CCC(=O)CN1CCN(c2ncc3[nH]c(-c4cc(OC)c5ncnn5c4)c(C(C)C)c3c2F)CC1. The van der Waals surface area contributed by atoms with E-state index in [0.717, 1.165) is 16.8 Å². The quantitative estimate of drug-likeness (QED) is 0.433. The van der Waals surface area contributed by atoms with Crippen LogP contribution in [-0.2, 0) is 4.79 Å². The van der Waals surface area contributed by atoms with Gasteiger partial charge in [-0.1, -0.05) is 20.8 Å². The molecular formula is C25H30FN7O2. The number of halogens is 1. The van der Waals surface area contributed by atoms with E-state index in [1.54, 1.807) is 17.8 Å². The van der Waals surface area contributed by atoms with Crippen LogP contribution in [0, 0.1) is 5.82 Å². The zero-order chi connectivity index (χ0) is 24.7. The summed E-state index contributed by atoms with van der Waals surface area (Å²) >= 11 is 0. The summed E-state index contributed by atoms with van der Waals surface area (Å²) in [7, 11) is 1.59. The van der Waals surface area contributed by atoms with Crippen LogP contribution in [0.4, 0.5) is 10.2 Å². The molecule has 0 unspecified atom stereocenters. The van der Waals surface area contributed by atoms with Crippen molar-refractivity contribution in [3.8, 4) is 17.0 Å². The molecule has 0 aromatic carbocycles. The van der Waals surface area contributed by atoms with E-state index in [-0.39, 0.29) is 17.5 Å². The number of hydrogen-bond acceptors (Lipinski definition) is 7. The number of fused-ring (bicyclic) bond motifs is 2. The van der Waals surface area contributed by atoms with E-state index in [0.29, 0.717) is 67.3 Å². The molecule has 9 nitrogen and oxygen atoms in total. The van der Waals surface area contributed by atoms with Gasteiger partial charge in [0.2, 0.25) is 0 Å². The highest BCUT2D eigenvalue weighted by Gasteiger charge is 2.27. The number of aromatic amines is 1. The van der Waals surface area contributed by atoms with Gasteiger partial charge in [0, 0.05) is 49.7 Å². The van der Waals surface area contributed by atoms with Crippen LogP contribution in [0.5, 0.6) is 5.75 Å². The highest BCUT2D eigenvalue weighted by Crippen LogP contribution is 2.39. The van der Waals surface area contributed by atoms with E-state index in [1.807, 2.05) is 24.1 Å². The number of ether oxygens (including phenoxy) is 1. The van der Waals surface area contributed by atoms with Gasteiger partial charge in [0.25, 0.3) is 0 Å². The highest BCUT2D eigenvalue weighted by molar-refractivity contribution is 5.93. The second kappa shape index (κ2) is 9.26. The largest absolute Gasteiger partial charge is 0.493 e. The summed E-state index contributed by atoms with van der Waals surface area (Å²) in [5.41, 5.74) is 3.79. The van der Waals surface area contributed by atoms with Crippen LogP contribution < -0.4 is 9.64 Å². The Morgan fingerprint density at radius 1 is 1.23 bits per heavy atom. The zero-order valence-electron chi connectivity index (χ0n) is 20.5. The van der Waals surface area contributed by atoms with Gasteiger partial charge in [-0.3, -0.25) is 9.69 Å². The Morgan fingerprint density at radius 2 is 2.00 bits per heavy atom. The number of anilines is 1. The van der Waals surface area contributed by atoms with Crippen LogP contribution in [0.3, 0.4) is 0 Å². The predicted octanol–water partition coefficient (Wildman–Crippen LogP) is 3.64. The lowest BCUT2D eigenvalue weighted by molar-refractivity contribution is -0.119. The van der Waals surface area contributed by atoms with E-state index in [9.17, 15) is 4.79 Å². The fourth-order valence-corrected chi connectivity index (χ4v) is 4.85. The molecule has 1 aliphatic heterocycles. The Hall–Kier alpha value is -3.53. The molecule has 10 heteroatoms. The first-order chi connectivity index (χ1) is 16.9. The fourth-order valence-electron chi connectivity index (χ4n) is 4.85. The molecule has 0 amide bonds. The molecule has 1 saturated heterocycles. The number of H-pyrrole nitrogens is 1. The van der Waals surface area contributed by atoms with E-state index >= 15 is 4.39 Å². The van der Waals surface area contributed by atoms with Gasteiger partial charge < -0.3 is 14.6 Å². The topological polar surface area (TPSA) is 91.7 Å². The molecule has 5 rings (SSSR count). The summed E-state index contributed by atoms with van der Waals surface area (Å²) in [5, 5.41) is 4.81. The van der Waals surface area contributed by atoms with Gasteiger partial charge in [0.05, 0.1) is 31.1 Å². The number of pyridine rings is 2. The molecule has 1 aliphatic rings. The van der Waals surface area contributed by atoms with Crippen molar-refractivity contribution in [2.24, 2.45) is 0 Å². The minimum atomic E-state index is -0.319. The molecule has 184 valence electrons. The number of ketones is 1. The van der Waals surface area contributed by atoms with Crippen LogP contribution in [0.15, 0.2) is 24.8 Å². The van der Waals surface area contributed by atoms with Gasteiger partial charge in [-0.05, 0) is 17.5 Å². The average Bonchev–Trinajstić information content (AvgIpc) is 3.49. The molecule has 0 bridgehead atoms. The second-order valence-corrected chi connectivity index (χ2v) is 9.23. The Kier molecular flexibility index (Phi) is 6.14. The van der Waals surface area contributed by atoms with Crippen LogP contribution in [0.1, 0.15) is 38.7 Å². The Balaban J connectivity index is 1.54. The monoisotopic (exact) mass is 479 g/mol. The third-order valence-corrected chi connectivity index (χ3v) is 6.69. The smallest absolute Gasteiger partial charge is 0.197 e. The number of nitrogens with zero attached hydrogens (tertiary/aromatic N) is 6. The summed E-state index contributed by atoms with van der Waals surface area (Å²) in [5.74, 6) is 0.910. The number of methoxy groups -OCH3 is 1. The average molecular weight is 480 g/mol. The molecule has 0 spiro atoms. The van der Waals surface area contributed by atoms with Crippen LogP contribution >= 0.6 is 0 Å². The van der Waals surface area contributed by atoms with Gasteiger partial charge in [-0.2, -0.15) is 5.10 Å². The van der Waals surface area contributed by atoms with E-state index in [2.05, 4.69) is 38.8 Å². The van der Waals surface area contributed by atoms with Crippen molar-refractivity contribution in [3.05, 3.63) is 36.2 Å². The maximum atomic E-state index is 16.1. The van der Waals surface area contributed by atoms with E-state index in [4.69, 9.17) is 4.74 Å². The summed E-state index contributed by atoms with van der Waals surface area (Å²) in [6.45, 7) is 9.11. The number of piperazine rings is 1. The van der Waals surface area contributed by atoms with Gasteiger partial charge in [0.1, 0.15) is 12.1 Å². The number of nitrogens with one attached hydrogen (secondary N) is 1. The zero-order valence-corrected chi connectivity index (χ0v) is 20.5. The minimum Gasteiger partial charge on any atom is -0.493 e. The van der Waals surface area contributed by atoms with Gasteiger partial charge in [-0.25, -0.2) is 18.9 Å². The molecule has 0 radical (unpaired) electrons. The lowest BCUT2D eigenvalue weighted by Crippen LogP contribution is -2.48. The normalized spacial score (nSPS) is 15.0. The van der Waals surface area contributed by atoms with Crippen molar-refractivity contribution in [1.82, 2.24) is 29.5 Å². The third-order valence-electron chi connectivity index (χ3n) is 6.69. The Morgan fingerprint density at radius 3 is 2.69 bits per heavy atom. The fraction of sp³-hybridized carbons (Fsp3) is 0.440. The second-order valence-electron chi connectivity index (χ2n) is 9.23. The molecule has 4 aromatic rings. The maximum absolute atomic E-state index is 16.1. The lowest BCUT2D eigenvalue weighted by atomic mass is 9.96. The minimum absolute atomic E-state index is 0.0536. The van der Waals surface area contributed by atoms with Crippen molar-refractivity contribution >= 4 is 28.2 Å². The van der Waals surface area contributed by atoms with E-state index in [1.165, 1.54) is 6.33 Å². The highest BCUT2D eigenvalue weighted by atomic mass is 19.1. The molecular weight excluding hydrogens is 449 g/mol. The molecule has 0 saturated carbocycles. The summed E-state index contributed by atoms with van der Waals surface area (Å²) < 4.78 is 23.3. The number of carbonyl (C=O) groups excluding carboxylic acids is 1. The standard InChI is InChI=1S/C25H30FN7O2/c1-5-17(34)13-31-6-8-32(9-7-31)25-22(26)21-18(11-27-25)30-23(20(21)15(2)3)16-10-19(35-4)24-28-14-29-33(24)12-16/h10-12,14-15,30H,5-9,13H2,1-4H3. The van der Waals surface area contributed by atoms with Crippen molar-refractivity contribution in [2.75, 3.05) is 44.7 Å². The number of carbonyl (C=O) groups is 1. The molecule has 4 aromatic heterocycles. The predicted molar refractivity (Wildman–Crippen MR) is 133 cm³/mol. The molecule has 1 fully saturated rings. The molecule has 0 atom stereocenters. The Labute approximate surface area is 202 Å². The van der Waals surface area contributed by atoms with Crippen molar-refractivity contribution < 1.29 is 13.9 Å². The molecule has 1 N–H and O–H groups in total. The third kappa shape index (κ3) is 4.12. The first-order valence-electron chi connectivity index (χ1n) is 12.0. The molecule has 5 heterocycles. The van der Waals surface area contributed by atoms with Crippen LogP contribution in [0.2, 0.25) is 0 Å². The van der Waals surface area contributed by atoms with Crippen LogP contribution in [-0.4, -0.2) is 75.1 Å². The van der Waals surface area contributed by atoms with Gasteiger partial charge in [-0.15, -0.1) is 0 Å². The first kappa shape index (κ1) is 23.2. The number of hydrogen-bond donors (Lipinski definition) is 1. The van der Waals surface area contributed by atoms with Crippen LogP contribution in [0.25, 0.3) is 27.8 Å². The first-order valence-corrected chi connectivity index (χ1v) is 12.0. The van der Waals surface area contributed by atoms with E-state index < -0.39 is 0 Å².